The third-order valence-electron chi connectivity index (χ3n) is 5.82. The van der Waals surface area contributed by atoms with E-state index < -0.39 is 5.69 Å². The van der Waals surface area contributed by atoms with Crippen molar-refractivity contribution in [3.8, 4) is 0 Å². The number of likely N-dealkylation sites (tertiary alicyclic amines) is 1. The molecule has 1 saturated heterocycles. The fourth-order valence-electron chi connectivity index (χ4n) is 4.21. The monoisotopic (exact) mass is 435 g/mol. The Bertz CT molecular complexity index is 1310. The lowest BCUT2D eigenvalue weighted by Crippen LogP contribution is -2.39. The average molecular weight is 435 g/mol. The maximum absolute atomic E-state index is 12.8. The lowest BCUT2D eigenvalue weighted by molar-refractivity contribution is -0.122. The molecule has 9 nitrogen and oxygen atoms in total. The van der Waals surface area contributed by atoms with Crippen LogP contribution in [-0.4, -0.2) is 38.9 Å². The van der Waals surface area contributed by atoms with Gasteiger partial charge < -0.3 is 16.0 Å². The Balaban J connectivity index is 1.53. The predicted octanol–water partition coefficient (Wildman–Crippen LogP) is 1.41. The highest BCUT2D eigenvalue weighted by atomic mass is 16.2. The van der Waals surface area contributed by atoms with Crippen LogP contribution in [0.25, 0.3) is 10.9 Å². The van der Waals surface area contributed by atoms with Gasteiger partial charge in [-0.25, -0.2) is 4.79 Å². The summed E-state index contributed by atoms with van der Waals surface area (Å²) in [4.78, 5) is 53.6. The zero-order valence-electron chi connectivity index (χ0n) is 17.8. The molecule has 2 aromatic carbocycles. The Morgan fingerprint density at radius 3 is 2.75 bits per heavy atom. The Labute approximate surface area is 183 Å². The van der Waals surface area contributed by atoms with Gasteiger partial charge in [-0.15, -0.1) is 0 Å². The maximum Gasteiger partial charge on any atom is 0.328 e. The summed E-state index contributed by atoms with van der Waals surface area (Å²) in [5.74, 6) is -0.673. The number of anilines is 1. The first kappa shape index (κ1) is 21.5. The van der Waals surface area contributed by atoms with Gasteiger partial charge >= 0.3 is 5.69 Å². The third-order valence-corrected chi connectivity index (χ3v) is 5.82. The first-order valence-corrected chi connectivity index (χ1v) is 10.6. The molecule has 1 aliphatic heterocycles. The van der Waals surface area contributed by atoms with E-state index in [4.69, 9.17) is 5.73 Å². The molecule has 1 atom stereocenters. The van der Waals surface area contributed by atoms with Crippen molar-refractivity contribution < 1.29 is 9.59 Å². The number of hydrogen-bond acceptors (Lipinski definition) is 5. The van der Waals surface area contributed by atoms with Gasteiger partial charge in [0.15, 0.2) is 0 Å². The first-order chi connectivity index (χ1) is 15.4. The molecule has 2 amide bonds. The molecule has 9 heteroatoms. The quantitative estimate of drug-likeness (QED) is 0.539. The van der Waals surface area contributed by atoms with E-state index in [9.17, 15) is 19.2 Å². The second-order valence-corrected chi connectivity index (χ2v) is 7.93. The van der Waals surface area contributed by atoms with E-state index in [1.807, 2.05) is 23.1 Å². The number of nitrogens with zero attached hydrogens (tertiary/aromatic N) is 2. The van der Waals surface area contributed by atoms with Crippen LogP contribution in [0.3, 0.4) is 0 Å². The predicted molar refractivity (Wildman–Crippen MR) is 122 cm³/mol. The van der Waals surface area contributed by atoms with Gasteiger partial charge in [0.1, 0.15) is 0 Å². The van der Waals surface area contributed by atoms with Gasteiger partial charge in [0.2, 0.25) is 5.91 Å². The molecular formula is C23H25N5O4. The summed E-state index contributed by atoms with van der Waals surface area (Å²) in [7, 11) is 0. The minimum Gasteiger partial charge on any atom is -0.368 e. The molecule has 1 fully saturated rings. The molecule has 4 rings (SSSR count). The van der Waals surface area contributed by atoms with Crippen molar-refractivity contribution in [2.75, 3.05) is 11.9 Å². The Hall–Kier alpha value is -3.72. The molecule has 0 aliphatic carbocycles. The summed E-state index contributed by atoms with van der Waals surface area (Å²) in [5.41, 5.74) is 6.80. The Kier molecular flexibility index (Phi) is 5.91. The number of nitrogens with two attached hydrogens (primary N) is 1. The molecule has 0 saturated carbocycles. The third kappa shape index (κ3) is 4.19. The van der Waals surface area contributed by atoms with Crippen LogP contribution >= 0.6 is 0 Å². The SMILES string of the molecule is CCn1c(=O)[nH]c2cc(C(=O)Nc3cccc(CN4CCCC4C(N)=O)c3)ccc2c1=O. The molecule has 1 unspecified atom stereocenters. The Morgan fingerprint density at radius 1 is 1.19 bits per heavy atom. The van der Waals surface area contributed by atoms with Crippen LogP contribution in [0, 0.1) is 0 Å². The normalized spacial score (nSPS) is 16.3. The van der Waals surface area contributed by atoms with Crippen LogP contribution in [0.1, 0.15) is 35.7 Å². The van der Waals surface area contributed by atoms with Crippen LogP contribution in [0.15, 0.2) is 52.1 Å². The van der Waals surface area contributed by atoms with E-state index >= 15 is 0 Å². The number of aromatic amines is 1. The molecule has 3 aromatic rings. The van der Waals surface area contributed by atoms with Crippen LogP contribution in [-0.2, 0) is 17.9 Å². The zero-order valence-corrected chi connectivity index (χ0v) is 17.8. The number of primary amides is 1. The van der Waals surface area contributed by atoms with Crippen molar-refractivity contribution in [3.05, 3.63) is 74.4 Å². The highest BCUT2D eigenvalue weighted by Gasteiger charge is 2.28. The van der Waals surface area contributed by atoms with Crippen molar-refractivity contribution in [3.63, 3.8) is 0 Å². The van der Waals surface area contributed by atoms with E-state index in [1.54, 1.807) is 25.1 Å². The molecule has 2 heterocycles. The number of aromatic nitrogens is 2. The number of hydrogen-bond donors (Lipinski definition) is 3. The van der Waals surface area contributed by atoms with Crippen LogP contribution in [0.2, 0.25) is 0 Å². The molecule has 32 heavy (non-hydrogen) atoms. The highest BCUT2D eigenvalue weighted by Crippen LogP contribution is 2.21. The Morgan fingerprint density at radius 2 is 2.00 bits per heavy atom. The summed E-state index contributed by atoms with van der Waals surface area (Å²) < 4.78 is 1.11. The van der Waals surface area contributed by atoms with Gasteiger partial charge in [0.25, 0.3) is 11.5 Å². The fourth-order valence-corrected chi connectivity index (χ4v) is 4.21. The van der Waals surface area contributed by atoms with E-state index in [-0.39, 0.29) is 30.0 Å². The highest BCUT2D eigenvalue weighted by molar-refractivity contribution is 6.06. The molecule has 1 aromatic heterocycles. The standard InChI is InChI=1S/C23H25N5O4/c1-2-28-22(31)17-9-8-15(12-18(17)26-23(28)32)21(30)25-16-6-3-5-14(11-16)13-27-10-4-7-19(27)20(24)29/h3,5-6,8-9,11-12,19H,2,4,7,10,13H2,1H3,(H2,24,29)(H,25,30)(H,26,32). The van der Waals surface area contributed by atoms with Crippen molar-refractivity contribution in [1.29, 1.82) is 0 Å². The molecular weight excluding hydrogens is 410 g/mol. The average Bonchev–Trinajstić information content (AvgIpc) is 3.22. The molecule has 4 N–H and O–H groups in total. The van der Waals surface area contributed by atoms with Crippen molar-refractivity contribution in [2.24, 2.45) is 5.73 Å². The van der Waals surface area contributed by atoms with Gasteiger partial charge in [-0.1, -0.05) is 12.1 Å². The van der Waals surface area contributed by atoms with Crippen LogP contribution < -0.4 is 22.3 Å². The molecule has 0 spiro atoms. The van der Waals surface area contributed by atoms with Gasteiger partial charge in [0.05, 0.1) is 16.9 Å². The van der Waals surface area contributed by atoms with Gasteiger partial charge in [0, 0.05) is 24.3 Å². The minimum atomic E-state index is -0.508. The van der Waals surface area contributed by atoms with E-state index in [0.717, 1.165) is 29.5 Å². The largest absolute Gasteiger partial charge is 0.368 e. The number of benzene rings is 2. The molecule has 166 valence electrons. The zero-order chi connectivity index (χ0) is 22.8. The molecule has 0 radical (unpaired) electrons. The van der Waals surface area contributed by atoms with Crippen LogP contribution in [0.4, 0.5) is 5.69 Å². The van der Waals surface area contributed by atoms with Gasteiger partial charge in [-0.05, 0) is 62.2 Å². The maximum atomic E-state index is 12.8. The minimum absolute atomic E-state index is 0.259. The van der Waals surface area contributed by atoms with Crippen molar-refractivity contribution in [2.45, 2.75) is 38.9 Å². The fraction of sp³-hybridized carbons (Fsp3) is 0.304. The number of fused-ring (bicyclic) bond motifs is 1. The summed E-state index contributed by atoms with van der Waals surface area (Å²) >= 11 is 0. The number of amides is 2. The molecule has 0 bridgehead atoms. The smallest absolute Gasteiger partial charge is 0.328 e. The van der Waals surface area contributed by atoms with E-state index in [2.05, 4.69) is 10.3 Å². The summed E-state index contributed by atoms with van der Waals surface area (Å²) in [6.45, 7) is 3.36. The summed E-state index contributed by atoms with van der Waals surface area (Å²) in [6.07, 6.45) is 1.69. The van der Waals surface area contributed by atoms with Crippen molar-refractivity contribution in [1.82, 2.24) is 14.5 Å². The summed E-state index contributed by atoms with van der Waals surface area (Å²) in [5, 5.41) is 3.20. The van der Waals surface area contributed by atoms with Crippen LogP contribution in [0.5, 0.6) is 0 Å². The number of carbonyl (C=O) groups excluding carboxylic acids is 2. The van der Waals surface area contributed by atoms with E-state index in [0.29, 0.717) is 28.7 Å². The number of carbonyl (C=O) groups is 2. The first-order valence-electron chi connectivity index (χ1n) is 10.6. The second kappa shape index (κ2) is 8.80. The number of nitrogens with one attached hydrogen (secondary N) is 2. The number of rotatable bonds is 6. The molecule has 1 aliphatic rings. The summed E-state index contributed by atoms with van der Waals surface area (Å²) in [6, 6.07) is 11.8. The van der Waals surface area contributed by atoms with Gasteiger partial charge in [-0.2, -0.15) is 0 Å². The van der Waals surface area contributed by atoms with Gasteiger partial charge in [-0.3, -0.25) is 23.9 Å². The lowest BCUT2D eigenvalue weighted by Gasteiger charge is -2.22. The lowest BCUT2D eigenvalue weighted by atomic mass is 10.1. The number of H-pyrrole nitrogens is 1. The second-order valence-electron chi connectivity index (χ2n) is 7.93. The van der Waals surface area contributed by atoms with Crippen molar-refractivity contribution >= 4 is 28.4 Å². The topological polar surface area (TPSA) is 130 Å². The van der Waals surface area contributed by atoms with E-state index in [1.165, 1.54) is 6.07 Å².